The number of hydrogen-bond donors (Lipinski definition) is 1. The predicted molar refractivity (Wildman–Crippen MR) is 87.2 cm³/mol. The summed E-state index contributed by atoms with van der Waals surface area (Å²) < 4.78 is 6.21. The van der Waals surface area contributed by atoms with Gasteiger partial charge in [0.1, 0.15) is 6.61 Å². The standard InChI is InChI=1S/C17H18BrNO2/c1-13-7-8-16(18)11-15(13)9-10-19-17(20)21-12-14-5-3-2-4-6-14/h2-8,11H,9-10,12H2,1H3,(H,19,20). The average molecular weight is 348 g/mol. The van der Waals surface area contributed by atoms with Gasteiger partial charge in [-0.1, -0.05) is 52.3 Å². The van der Waals surface area contributed by atoms with Crippen LogP contribution in [0.25, 0.3) is 0 Å². The summed E-state index contributed by atoms with van der Waals surface area (Å²) in [6.07, 6.45) is 0.401. The molecule has 0 aliphatic rings. The molecule has 0 unspecified atom stereocenters. The molecule has 4 heteroatoms. The van der Waals surface area contributed by atoms with Crippen LogP contribution in [0.3, 0.4) is 0 Å². The monoisotopic (exact) mass is 347 g/mol. The first kappa shape index (κ1) is 15.6. The number of nitrogens with one attached hydrogen (secondary N) is 1. The molecule has 0 aromatic heterocycles. The molecule has 3 nitrogen and oxygen atoms in total. The van der Waals surface area contributed by atoms with Crippen LogP contribution in [0.4, 0.5) is 4.79 Å². The van der Waals surface area contributed by atoms with Gasteiger partial charge in [0.2, 0.25) is 0 Å². The van der Waals surface area contributed by atoms with Crippen molar-refractivity contribution < 1.29 is 9.53 Å². The van der Waals surface area contributed by atoms with Gasteiger partial charge in [-0.2, -0.15) is 0 Å². The quantitative estimate of drug-likeness (QED) is 0.878. The number of alkyl carbamates (subject to hydrolysis) is 1. The van der Waals surface area contributed by atoms with Crippen LogP contribution in [0, 0.1) is 6.92 Å². The number of hydrogen-bond acceptors (Lipinski definition) is 2. The van der Waals surface area contributed by atoms with E-state index in [9.17, 15) is 4.79 Å². The highest BCUT2D eigenvalue weighted by Gasteiger charge is 2.04. The molecule has 0 saturated carbocycles. The van der Waals surface area contributed by atoms with E-state index < -0.39 is 0 Å². The van der Waals surface area contributed by atoms with E-state index in [1.807, 2.05) is 36.4 Å². The van der Waals surface area contributed by atoms with Crippen LogP contribution in [0.2, 0.25) is 0 Å². The lowest BCUT2D eigenvalue weighted by atomic mass is 10.1. The van der Waals surface area contributed by atoms with Crippen molar-refractivity contribution >= 4 is 22.0 Å². The molecule has 1 amide bonds. The Labute approximate surface area is 133 Å². The van der Waals surface area contributed by atoms with Crippen molar-refractivity contribution in [3.63, 3.8) is 0 Å². The second-order valence-corrected chi connectivity index (χ2v) is 5.72. The van der Waals surface area contributed by atoms with Gasteiger partial charge in [0.05, 0.1) is 0 Å². The topological polar surface area (TPSA) is 38.3 Å². The van der Waals surface area contributed by atoms with E-state index in [-0.39, 0.29) is 6.09 Å². The number of rotatable bonds is 5. The Morgan fingerprint density at radius 3 is 2.71 bits per heavy atom. The molecule has 21 heavy (non-hydrogen) atoms. The van der Waals surface area contributed by atoms with E-state index in [1.165, 1.54) is 11.1 Å². The molecule has 0 fully saturated rings. The summed E-state index contributed by atoms with van der Waals surface area (Å²) >= 11 is 3.46. The number of halogens is 1. The molecule has 1 N–H and O–H groups in total. The highest BCUT2D eigenvalue weighted by molar-refractivity contribution is 9.10. The molecule has 0 aliphatic heterocycles. The molecule has 0 aliphatic carbocycles. The Kier molecular flexibility index (Phi) is 5.81. The maximum atomic E-state index is 11.6. The number of ether oxygens (including phenoxy) is 1. The molecule has 2 rings (SSSR count). The summed E-state index contributed by atoms with van der Waals surface area (Å²) in [5.74, 6) is 0. The SMILES string of the molecule is Cc1ccc(Br)cc1CCNC(=O)OCc1ccccc1. The molecule has 0 heterocycles. The maximum Gasteiger partial charge on any atom is 0.407 e. The van der Waals surface area contributed by atoms with Gasteiger partial charge < -0.3 is 10.1 Å². The van der Waals surface area contributed by atoms with Gasteiger partial charge in [-0.05, 0) is 42.2 Å². The third-order valence-electron chi connectivity index (χ3n) is 3.19. The van der Waals surface area contributed by atoms with Crippen LogP contribution >= 0.6 is 15.9 Å². The van der Waals surface area contributed by atoms with E-state index >= 15 is 0 Å². The number of benzene rings is 2. The lowest BCUT2D eigenvalue weighted by Gasteiger charge is -2.09. The molecule has 0 radical (unpaired) electrons. The summed E-state index contributed by atoms with van der Waals surface area (Å²) in [5, 5.41) is 2.77. The van der Waals surface area contributed by atoms with E-state index in [0.29, 0.717) is 13.2 Å². The van der Waals surface area contributed by atoms with Crippen LogP contribution in [-0.2, 0) is 17.8 Å². The highest BCUT2D eigenvalue weighted by atomic mass is 79.9. The van der Waals surface area contributed by atoms with Crippen molar-refractivity contribution in [2.75, 3.05) is 6.54 Å². The summed E-state index contributed by atoms with van der Waals surface area (Å²) in [4.78, 5) is 11.6. The first-order valence-corrected chi connectivity index (χ1v) is 7.64. The van der Waals surface area contributed by atoms with Crippen LogP contribution in [0.1, 0.15) is 16.7 Å². The minimum absolute atomic E-state index is 0.294. The van der Waals surface area contributed by atoms with Crippen LogP contribution in [-0.4, -0.2) is 12.6 Å². The lowest BCUT2D eigenvalue weighted by Crippen LogP contribution is -2.26. The van der Waals surface area contributed by atoms with E-state index in [4.69, 9.17) is 4.74 Å². The molecular formula is C17H18BrNO2. The third kappa shape index (κ3) is 5.23. The fraction of sp³-hybridized carbons (Fsp3) is 0.235. The van der Waals surface area contributed by atoms with Crippen molar-refractivity contribution in [3.8, 4) is 0 Å². The number of amides is 1. The lowest BCUT2D eigenvalue weighted by molar-refractivity contribution is 0.140. The van der Waals surface area contributed by atoms with Gasteiger partial charge in [-0.25, -0.2) is 4.79 Å². The second-order valence-electron chi connectivity index (χ2n) is 4.81. The zero-order chi connectivity index (χ0) is 15.1. The number of aryl methyl sites for hydroxylation is 1. The molecule has 2 aromatic rings. The van der Waals surface area contributed by atoms with Gasteiger partial charge in [0.25, 0.3) is 0 Å². The largest absolute Gasteiger partial charge is 0.445 e. The Morgan fingerprint density at radius 2 is 1.95 bits per heavy atom. The van der Waals surface area contributed by atoms with Crippen molar-refractivity contribution in [1.82, 2.24) is 5.32 Å². The normalized spacial score (nSPS) is 10.2. The zero-order valence-electron chi connectivity index (χ0n) is 11.9. The minimum Gasteiger partial charge on any atom is -0.445 e. The molecule has 0 atom stereocenters. The first-order valence-electron chi connectivity index (χ1n) is 6.85. The van der Waals surface area contributed by atoms with E-state index in [0.717, 1.165) is 16.5 Å². The number of carbonyl (C=O) groups is 1. The van der Waals surface area contributed by atoms with Gasteiger partial charge in [0, 0.05) is 11.0 Å². The Balaban J connectivity index is 1.73. The van der Waals surface area contributed by atoms with Crippen molar-refractivity contribution in [2.24, 2.45) is 0 Å². The van der Waals surface area contributed by atoms with Crippen LogP contribution in [0.15, 0.2) is 53.0 Å². The molecule has 0 bridgehead atoms. The summed E-state index contributed by atoms with van der Waals surface area (Å²) in [6, 6.07) is 15.8. The van der Waals surface area contributed by atoms with Gasteiger partial charge in [0.15, 0.2) is 0 Å². The zero-order valence-corrected chi connectivity index (χ0v) is 13.5. The molecule has 2 aromatic carbocycles. The minimum atomic E-state index is -0.383. The van der Waals surface area contributed by atoms with Crippen molar-refractivity contribution in [2.45, 2.75) is 20.0 Å². The fourth-order valence-corrected chi connectivity index (χ4v) is 2.39. The molecule has 0 spiro atoms. The Bertz CT molecular complexity index is 599. The Morgan fingerprint density at radius 1 is 1.19 bits per heavy atom. The van der Waals surface area contributed by atoms with E-state index in [2.05, 4.69) is 40.3 Å². The van der Waals surface area contributed by atoms with Crippen LogP contribution in [0.5, 0.6) is 0 Å². The third-order valence-corrected chi connectivity index (χ3v) is 3.68. The molecular weight excluding hydrogens is 330 g/mol. The first-order chi connectivity index (χ1) is 10.1. The molecule has 0 saturated heterocycles. The fourth-order valence-electron chi connectivity index (χ4n) is 1.98. The maximum absolute atomic E-state index is 11.6. The second kappa shape index (κ2) is 7.84. The highest BCUT2D eigenvalue weighted by Crippen LogP contribution is 2.16. The van der Waals surface area contributed by atoms with Crippen molar-refractivity contribution in [3.05, 3.63) is 69.7 Å². The number of carbonyl (C=O) groups excluding carboxylic acids is 1. The Hall–Kier alpha value is -1.81. The summed E-state index contributed by atoms with van der Waals surface area (Å²) in [5.41, 5.74) is 3.42. The van der Waals surface area contributed by atoms with Gasteiger partial charge in [-0.3, -0.25) is 0 Å². The summed E-state index contributed by atoms with van der Waals surface area (Å²) in [6.45, 7) is 2.92. The van der Waals surface area contributed by atoms with Crippen LogP contribution < -0.4 is 5.32 Å². The van der Waals surface area contributed by atoms with Gasteiger partial charge >= 0.3 is 6.09 Å². The summed E-state index contributed by atoms with van der Waals surface area (Å²) in [7, 11) is 0. The van der Waals surface area contributed by atoms with Crippen molar-refractivity contribution in [1.29, 1.82) is 0 Å². The predicted octanol–water partition coefficient (Wildman–Crippen LogP) is 4.23. The van der Waals surface area contributed by atoms with E-state index in [1.54, 1.807) is 0 Å². The van der Waals surface area contributed by atoms with Gasteiger partial charge in [-0.15, -0.1) is 0 Å². The smallest absolute Gasteiger partial charge is 0.407 e. The molecule has 110 valence electrons. The average Bonchev–Trinajstić information content (AvgIpc) is 2.50.